The van der Waals surface area contributed by atoms with Crippen LogP contribution in [-0.4, -0.2) is 21.1 Å². The average molecular weight is 286 g/mol. The second-order valence-corrected chi connectivity index (χ2v) is 5.32. The van der Waals surface area contributed by atoms with Crippen LogP contribution in [0, 0.1) is 0 Å². The van der Waals surface area contributed by atoms with E-state index < -0.39 is 5.60 Å². The van der Waals surface area contributed by atoms with Crippen molar-refractivity contribution in [2.45, 2.75) is 18.9 Å². The minimum atomic E-state index is -0.919. The number of hydrogen-bond acceptors (Lipinski definition) is 5. The first kappa shape index (κ1) is 13.3. The summed E-state index contributed by atoms with van der Waals surface area (Å²) in [5.74, 6) is -0.444. The molecule has 21 heavy (non-hydrogen) atoms. The number of phenols is 3. The van der Waals surface area contributed by atoms with Gasteiger partial charge in [-0.3, -0.25) is 4.79 Å². The van der Waals surface area contributed by atoms with Crippen LogP contribution in [0.5, 0.6) is 23.0 Å². The third kappa shape index (κ3) is 2.16. The van der Waals surface area contributed by atoms with Crippen molar-refractivity contribution in [2.24, 2.45) is 0 Å². The summed E-state index contributed by atoms with van der Waals surface area (Å²) in [7, 11) is 0. The van der Waals surface area contributed by atoms with Gasteiger partial charge in [0.15, 0.2) is 5.78 Å². The van der Waals surface area contributed by atoms with Crippen LogP contribution in [0.1, 0.15) is 29.3 Å². The lowest BCUT2D eigenvalue weighted by Crippen LogP contribution is -2.36. The third-order valence-electron chi connectivity index (χ3n) is 3.66. The first-order chi connectivity index (χ1) is 9.89. The summed E-state index contributed by atoms with van der Waals surface area (Å²) in [4.78, 5) is 12.3. The molecule has 2 aromatic carbocycles. The maximum absolute atomic E-state index is 12.3. The van der Waals surface area contributed by atoms with Crippen LogP contribution < -0.4 is 4.74 Å². The Balaban J connectivity index is 2.09. The van der Waals surface area contributed by atoms with Crippen molar-refractivity contribution in [3.05, 3.63) is 47.5 Å². The second-order valence-electron chi connectivity index (χ2n) is 5.32. The SMILES string of the molecule is CC1(c2ccc(O)cc2)CC(=O)c2c(O)cc(O)cc2O1. The zero-order valence-corrected chi connectivity index (χ0v) is 11.3. The summed E-state index contributed by atoms with van der Waals surface area (Å²) in [5.41, 5.74) is -0.107. The highest BCUT2D eigenvalue weighted by atomic mass is 16.5. The quantitative estimate of drug-likeness (QED) is 0.750. The van der Waals surface area contributed by atoms with E-state index in [9.17, 15) is 20.1 Å². The minimum Gasteiger partial charge on any atom is -0.508 e. The van der Waals surface area contributed by atoms with E-state index in [1.54, 1.807) is 19.1 Å². The fourth-order valence-electron chi connectivity index (χ4n) is 2.60. The molecule has 0 amide bonds. The number of rotatable bonds is 1. The number of carbonyl (C=O) groups is 1. The molecule has 0 aliphatic carbocycles. The van der Waals surface area contributed by atoms with Crippen molar-refractivity contribution in [3.8, 4) is 23.0 Å². The highest BCUT2D eigenvalue weighted by Gasteiger charge is 2.39. The summed E-state index contributed by atoms with van der Waals surface area (Å²) < 4.78 is 5.85. The Hall–Kier alpha value is -2.69. The van der Waals surface area contributed by atoms with Crippen LogP contribution in [0.3, 0.4) is 0 Å². The van der Waals surface area contributed by atoms with Crippen LogP contribution >= 0.6 is 0 Å². The second kappa shape index (κ2) is 4.41. The molecule has 0 saturated heterocycles. The Morgan fingerprint density at radius 1 is 1.05 bits per heavy atom. The highest BCUT2D eigenvalue weighted by molar-refractivity contribution is 6.03. The van der Waals surface area contributed by atoms with E-state index in [0.29, 0.717) is 0 Å². The molecular weight excluding hydrogens is 272 g/mol. The minimum absolute atomic E-state index is 0.0586. The molecule has 0 bridgehead atoms. The largest absolute Gasteiger partial charge is 0.508 e. The molecule has 0 saturated carbocycles. The van der Waals surface area contributed by atoms with Gasteiger partial charge in [0.05, 0.1) is 6.42 Å². The monoisotopic (exact) mass is 286 g/mol. The Kier molecular flexibility index (Phi) is 2.79. The molecule has 1 atom stereocenters. The summed E-state index contributed by atoms with van der Waals surface area (Å²) in [6, 6.07) is 8.81. The van der Waals surface area contributed by atoms with Gasteiger partial charge in [0.1, 0.15) is 34.2 Å². The number of Topliss-reactive ketones (excluding diaryl/α,β-unsaturated/α-hetero) is 1. The zero-order chi connectivity index (χ0) is 15.2. The molecule has 1 aliphatic heterocycles. The van der Waals surface area contributed by atoms with E-state index in [1.807, 2.05) is 0 Å². The predicted molar refractivity (Wildman–Crippen MR) is 74.8 cm³/mol. The van der Waals surface area contributed by atoms with Crippen LogP contribution in [-0.2, 0) is 5.60 Å². The van der Waals surface area contributed by atoms with Crippen LogP contribution in [0.4, 0.5) is 0 Å². The van der Waals surface area contributed by atoms with E-state index >= 15 is 0 Å². The lowest BCUT2D eigenvalue weighted by molar-refractivity contribution is 0.0496. The molecule has 3 rings (SSSR count). The number of benzene rings is 2. The molecule has 5 nitrogen and oxygen atoms in total. The van der Waals surface area contributed by atoms with Gasteiger partial charge in [0.2, 0.25) is 0 Å². The smallest absolute Gasteiger partial charge is 0.174 e. The Labute approximate surface area is 121 Å². The van der Waals surface area contributed by atoms with Gasteiger partial charge in [-0.1, -0.05) is 12.1 Å². The van der Waals surface area contributed by atoms with Gasteiger partial charge in [0, 0.05) is 12.1 Å². The fourth-order valence-corrected chi connectivity index (χ4v) is 2.60. The number of aromatic hydroxyl groups is 3. The van der Waals surface area contributed by atoms with Gasteiger partial charge >= 0.3 is 0 Å². The number of carbonyl (C=O) groups excluding carboxylic acids is 1. The van der Waals surface area contributed by atoms with Crippen molar-refractivity contribution in [1.82, 2.24) is 0 Å². The van der Waals surface area contributed by atoms with Crippen molar-refractivity contribution in [2.75, 3.05) is 0 Å². The molecule has 2 aromatic rings. The molecule has 1 unspecified atom stereocenters. The van der Waals surface area contributed by atoms with Gasteiger partial charge < -0.3 is 20.1 Å². The predicted octanol–water partition coefficient (Wildman–Crippen LogP) is 2.68. The third-order valence-corrected chi connectivity index (χ3v) is 3.66. The Morgan fingerprint density at radius 2 is 1.71 bits per heavy atom. The van der Waals surface area contributed by atoms with E-state index in [4.69, 9.17) is 4.74 Å². The maximum Gasteiger partial charge on any atom is 0.174 e. The van der Waals surface area contributed by atoms with E-state index in [0.717, 1.165) is 11.6 Å². The topological polar surface area (TPSA) is 87.0 Å². The Morgan fingerprint density at radius 3 is 2.38 bits per heavy atom. The van der Waals surface area contributed by atoms with Crippen molar-refractivity contribution >= 4 is 5.78 Å². The molecular formula is C16H14O5. The average Bonchev–Trinajstić information content (AvgIpc) is 2.37. The number of fused-ring (bicyclic) bond motifs is 1. The van der Waals surface area contributed by atoms with E-state index in [1.165, 1.54) is 18.2 Å². The van der Waals surface area contributed by atoms with Gasteiger partial charge in [-0.2, -0.15) is 0 Å². The lowest BCUT2D eigenvalue weighted by atomic mass is 9.85. The summed E-state index contributed by atoms with van der Waals surface area (Å²) in [6.07, 6.45) is 0.0586. The molecule has 0 spiro atoms. The normalized spacial score (nSPS) is 20.7. The number of ketones is 1. The first-order valence-corrected chi connectivity index (χ1v) is 6.47. The van der Waals surface area contributed by atoms with E-state index in [2.05, 4.69) is 0 Å². The molecule has 3 N–H and O–H groups in total. The molecule has 1 heterocycles. The zero-order valence-electron chi connectivity index (χ0n) is 11.3. The van der Waals surface area contributed by atoms with Gasteiger partial charge in [-0.05, 0) is 24.6 Å². The molecule has 5 heteroatoms. The summed E-state index contributed by atoms with van der Waals surface area (Å²) >= 11 is 0. The van der Waals surface area contributed by atoms with Gasteiger partial charge in [-0.25, -0.2) is 0 Å². The number of hydrogen-bond donors (Lipinski definition) is 3. The number of phenolic OH excluding ortho intramolecular Hbond substituents is 3. The molecule has 0 aromatic heterocycles. The van der Waals surface area contributed by atoms with Crippen LogP contribution in [0.15, 0.2) is 36.4 Å². The van der Waals surface area contributed by atoms with Gasteiger partial charge in [-0.15, -0.1) is 0 Å². The maximum atomic E-state index is 12.3. The van der Waals surface area contributed by atoms with Crippen molar-refractivity contribution < 1.29 is 24.9 Å². The first-order valence-electron chi connectivity index (χ1n) is 6.47. The van der Waals surface area contributed by atoms with Gasteiger partial charge in [0.25, 0.3) is 0 Å². The summed E-state index contributed by atoms with van der Waals surface area (Å²) in [5, 5.41) is 28.7. The van der Waals surface area contributed by atoms with Crippen molar-refractivity contribution in [3.63, 3.8) is 0 Å². The molecule has 0 fully saturated rings. The van der Waals surface area contributed by atoms with E-state index in [-0.39, 0.29) is 40.8 Å². The lowest BCUT2D eigenvalue weighted by Gasteiger charge is -2.35. The highest BCUT2D eigenvalue weighted by Crippen LogP contribution is 2.44. The standard InChI is InChI=1S/C16H14O5/c1-16(9-2-4-10(17)5-3-9)8-13(20)15-12(19)6-11(18)7-14(15)21-16/h2-7,17-19H,8H2,1H3. The molecule has 108 valence electrons. The van der Waals surface area contributed by atoms with Crippen LogP contribution in [0.25, 0.3) is 0 Å². The van der Waals surface area contributed by atoms with Crippen LogP contribution in [0.2, 0.25) is 0 Å². The number of ether oxygens (including phenoxy) is 1. The molecule has 0 radical (unpaired) electrons. The summed E-state index contributed by atoms with van der Waals surface area (Å²) in [6.45, 7) is 1.75. The fraction of sp³-hybridized carbons (Fsp3) is 0.188. The molecule has 1 aliphatic rings. The van der Waals surface area contributed by atoms with Crippen molar-refractivity contribution in [1.29, 1.82) is 0 Å². The Bertz CT molecular complexity index is 720.